The topological polar surface area (TPSA) is 87.6 Å². The molecule has 0 radical (unpaired) electrons. The number of nitrogens with two attached hydrogens (primary N) is 1. The first-order valence-corrected chi connectivity index (χ1v) is 4.86. The molecule has 5 nitrogen and oxygen atoms in total. The Labute approximate surface area is 89.3 Å². The molecule has 0 saturated heterocycles. The van der Waals surface area contributed by atoms with Gasteiger partial charge in [0.05, 0.1) is 0 Å². The fraction of sp³-hybridized carbons (Fsp3) is 0.500. The van der Waals surface area contributed by atoms with Gasteiger partial charge in [-0.15, -0.1) is 0 Å². The van der Waals surface area contributed by atoms with E-state index in [1.807, 2.05) is 6.07 Å². The molecule has 1 aromatic heterocycles. The van der Waals surface area contributed by atoms with Gasteiger partial charge in [-0.2, -0.15) is 5.26 Å². The average Bonchev–Trinajstić information content (AvgIpc) is 2.26. The third-order valence-corrected chi connectivity index (χ3v) is 2.12. The predicted octanol–water partition coefficient (Wildman–Crippen LogP) is 0.743. The van der Waals surface area contributed by atoms with E-state index in [0.29, 0.717) is 24.1 Å². The maximum absolute atomic E-state index is 8.63. The van der Waals surface area contributed by atoms with Gasteiger partial charge in [0.15, 0.2) is 0 Å². The molecule has 0 aliphatic carbocycles. The lowest BCUT2D eigenvalue weighted by molar-refractivity contribution is 0.510. The maximum Gasteiger partial charge on any atom is 0.223 e. The molecule has 0 aliphatic rings. The Morgan fingerprint density at radius 2 is 2.33 bits per heavy atom. The highest BCUT2D eigenvalue weighted by Crippen LogP contribution is 2.02. The third kappa shape index (κ3) is 3.52. The summed E-state index contributed by atoms with van der Waals surface area (Å²) in [7, 11) is 0. The average molecular weight is 205 g/mol. The van der Waals surface area contributed by atoms with Crippen LogP contribution in [-0.4, -0.2) is 22.6 Å². The summed E-state index contributed by atoms with van der Waals surface area (Å²) in [6.45, 7) is 4.71. The standard InChI is InChI=1S/C10H15N5/c1-7(2)9(12)6-14-10-13-4-3-8(5-11)15-10/h3-4,7,9H,6,12H2,1-2H3,(H,13,14,15). The van der Waals surface area contributed by atoms with Crippen LogP contribution in [0.15, 0.2) is 12.3 Å². The first-order valence-electron chi connectivity index (χ1n) is 4.86. The van der Waals surface area contributed by atoms with E-state index in [9.17, 15) is 0 Å². The zero-order valence-electron chi connectivity index (χ0n) is 8.94. The molecule has 1 heterocycles. The Morgan fingerprint density at radius 3 is 2.93 bits per heavy atom. The summed E-state index contributed by atoms with van der Waals surface area (Å²) in [4.78, 5) is 7.97. The highest BCUT2D eigenvalue weighted by atomic mass is 15.1. The van der Waals surface area contributed by atoms with Crippen molar-refractivity contribution in [1.29, 1.82) is 5.26 Å². The lowest BCUT2D eigenvalue weighted by Crippen LogP contribution is -2.34. The van der Waals surface area contributed by atoms with Crippen molar-refractivity contribution in [2.75, 3.05) is 11.9 Å². The fourth-order valence-electron chi connectivity index (χ4n) is 0.951. The van der Waals surface area contributed by atoms with E-state index >= 15 is 0 Å². The minimum atomic E-state index is 0.0549. The molecule has 80 valence electrons. The van der Waals surface area contributed by atoms with E-state index in [2.05, 4.69) is 29.1 Å². The van der Waals surface area contributed by atoms with Crippen LogP contribution < -0.4 is 11.1 Å². The van der Waals surface area contributed by atoms with Crippen molar-refractivity contribution in [3.8, 4) is 6.07 Å². The Balaban J connectivity index is 2.55. The number of anilines is 1. The number of rotatable bonds is 4. The predicted molar refractivity (Wildman–Crippen MR) is 58.1 cm³/mol. The highest BCUT2D eigenvalue weighted by molar-refractivity contribution is 5.30. The SMILES string of the molecule is CC(C)C(N)CNc1nccc(C#N)n1. The zero-order chi connectivity index (χ0) is 11.3. The van der Waals surface area contributed by atoms with Crippen LogP contribution in [-0.2, 0) is 0 Å². The van der Waals surface area contributed by atoms with Crippen LogP contribution in [0.4, 0.5) is 5.95 Å². The van der Waals surface area contributed by atoms with E-state index in [4.69, 9.17) is 11.0 Å². The molecular formula is C10H15N5. The summed E-state index contributed by atoms with van der Waals surface area (Å²) >= 11 is 0. The van der Waals surface area contributed by atoms with Gasteiger partial charge in [0.1, 0.15) is 11.8 Å². The van der Waals surface area contributed by atoms with E-state index in [0.717, 1.165) is 0 Å². The molecule has 1 aromatic rings. The van der Waals surface area contributed by atoms with E-state index in [-0.39, 0.29) is 6.04 Å². The first kappa shape index (κ1) is 11.4. The van der Waals surface area contributed by atoms with E-state index in [1.54, 1.807) is 12.3 Å². The maximum atomic E-state index is 8.63. The van der Waals surface area contributed by atoms with Gasteiger partial charge < -0.3 is 11.1 Å². The molecule has 0 saturated carbocycles. The second-order valence-corrected chi connectivity index (χ2v) is 3.67. The second-order valence-electron chi connectivity index (χ2n) is 3.67. The highest BCUT2D eigenvalue weighted by Gasteiger charge is 2.07. The van der Waals surface area contributed by atoms with Crippen molar-refractivity contribution in [1.82, 2.24) is 9.97 Å². The molecule has 0 spiro atoms. The van der Waals surface area contributed by atoms with Crippen molar-refractivity contribution in [2.24, 2.45) is 11.7 Å². The number of nitrogens with one attached hydrogen (secondary N) is 1. The van der Waals surface area contributed by atoms with Crippen LogP contribution in [0.2, 0.25) is 0 Å². The second kappa shape index (κ2) is 5.27. The monoisotopic (exact) mass is 205 g/mol. The van der Waals surface area contributed by atoms with Crippen LogP contribution in [0.5, 0.6) is 0 Å². The summed E-state index contributed by atoms with van der Waals surface area (Å²) in [6, 6.07) is 3.57. The molecule has 3 N–H and O–H groups in total. The first-order chi connectivity index (χ1) is 7.13. The molecule has 1 atom stereocenters. The molecule has 0 bridgehead atoms. The number of aromatic nitrogens is 2. The minimum absolute atomic E-state index is 0.0549. The van der Waals surface area contributed by atoms with Crippen molar-refractivity contribution in [2.45, 2.75) is 19.9 Å². The Bertz CT molecular complexity index is 355. The van der Waals surface area contributed by atoms with Gasteiger partial charge >= 0.3 is 0 Å². The summed E-state index contributed by atoms with van der Waals surface area (Å²) in [5.74, 6) is 0.849. The molecule has 5 heteroatoms. The summed E-state index contributed by atoms with van der Waals surface area (Å²) in [5, 5.41) is 11.6. The molecule has 0 aromatic carbocycles. The van der Waals surface area contributed by atoms with Gasteiger partial charge in [0.25, 0.3) is 0 Å². The fourth-order valence-corrected chi connectivity index (χ4v) is 0.951. The number of hydrogen-bond acceptors (Lipinski definition) is 5. The van der Waals surface area contributed by atoms with Gasteiger partial charge in [0, 0.05) is 18.8 Å². The zero-order valence-corrected chi connectivity index (χ0v) is 8.94. The lowest BCUT2D eigenvalue weighted by atomic mass is 10.1. The van der Waals surface area contributed by atoms with Gasteiger partial charge in [0.2, 0.25) is 5.95 Å². The van der Waals surface area contributed by atoms with Crippen LogP contribution in [0.3, 0.4) is 0 Å². The van der Waals surface area contributed by atoms with E-state index < -0.39 is 0 Å². The minimum Gasteiger partial charge on any atom is -0.353 e. The van der Waals surface area contributed by atoms with Crippen molar-refractivity contribution in [3.05, 3.63) is 18.0 Å². The Hall–Kier alpha value is -1.67. The van der Waals surface area contributed by atoms with E-state index in [1.165, 1.54) is 0 Å². The lowest BCUT2D eigenvalue weighted by Gasteiger charge is -2.15. The summed E-state index contributed by atoms with van der Waals surface area (Å²) < 4.78 is 0. The van der Waals surface area contributed by atoms with Crippen molar-refractivity contribution < 1.29 is 0 Å². The van der Waals surface area contributed by atoms with Crippen LogP contribution in [0, 0.1) is 17.2 Å². The molecule has 15 heavy (non-hydrogen) atoms. The van der Waals surface area contributed by atoms with Gasteiger partial charge in [-0.25, -0.2) is 9.97 Å². The quantitative estimate of drug-likeness (QED) is 0.757. The Kier molecular flexibility index (Phi) is 4.01. The van der Waals surface area contributed by atoms with Gasteiger partial charge in [-0.1, -0.05) is 13.8 Å². The molecule has 0 fully saturated rings. The summed E-state index contributed by atoms with van der Waals surface area (Å²) in [6.07, 6.45) is 1.55. The number of nitrogens with zero attached hydrogens (tertiary/aromatic N) is 3. The molecule has 1 unspecified atom stereocenters. The molecule has 0 amide bonds. The van der Waals surface area contributed by atoms with Crippen molar-refractivity contribution in [3.63, 3.8) is 0 Å². The third-order valence-electron chi connectivity index (χ3n) is 2.12. The molecule has 1 rings (SSSR count). The van der Waals surface area contributed by atoms with Crippen LogP contribution in [0.25, 0.3) is 0 Å². The number of hydrogen-bond donors (Lipinski definition) is 2. The molecular weight excluding hydrogens is 190 g/mol. The van der Waals surface area contributed by atoms with Crippen molar-refractivity contribution >= 4 is 5.95 Å². The normalized spacial score (nSPS) is 12.2. The largest absolute Gasteiger partial charge is 0.353 e. The van der Waals surface area contributed by atoms with Gasteiger partial charge in [-0.05, 0) is 12.0 Å². The van der Waals surface area contributed by atoms with Crippen LogP contribution in [0.1, 0.15) is 19.5 Å². The Morgan fingerprint density at radius 1 is 1.60 bits per heavy atom. The van der Waals surface area contributed by atoms with Gasteiger partial charge in [-0.3, -0.25) is 0 Å². The van der Waals surface area contributed by atoms with Crippen LogP contribution >= 0.6 is 0 Å². The number of nitriles is 1. The molecule has 0 aliphatic heterocycles. The summed E-state index contributed by atoms with van der Waals surface area (Å²) in [5.41, 5.74) is 6.20. The smallest absolute Gasteiger partial charge is 0.223 e.